The third-order valence-electron chi connectivity index (χ3n) is 3.39. The van der Waals surface area contributed by atoms with Crippen molar-refractivity contribution in [3.63, 3.8) is 0 Å². The molecular weight excluding hydrogens is 228 g/mol. The van der Waals surface area contributed by atoms with E-state index in [1.54, 1.807) is 7.11 Å². The van der Waals surface area contributed by atoms with E-state index >= 15 is 0 Å². The Bertz CT molecular complexity index is 366. The zero-order valence-corrected chi connectivity index (χ0v) is 11.7. The van der Waals surface area contributed by atoms with Gasteiger partial charge in [-0.3, -0.25) is 0 Å². The minimum Gasteiger partial charge on any atom is -0.481 e. The molecule has 18 heavy (non-hydrogen) atoms. The van der Waals surface area contributed by atoms with Crippen molar-refractivity contribution < 1.29 is 4.74 Å². The number of hydrogen-bond donors (Lipinski definition) is 2. The van der Waals surface area contributed by atoms with Crippen LogP contribution in [-0.2, 0) is 0 Å². The first-order valence-electron chi connectivity index (χ1n) is 6.49. The SMILES string of the molecule is CCC(CC)C(N)CNc1ncnc(OC)c1C. The molecule has 1 heterocycles. The largest absolute Gasteiger partial charge is 0.481 e. The van der Waals surface area contributed by atoms with Crippen molar-refractivity contribution >= 4 is 5.82 Å². The highest BCUT2D eigenvalue weighted by Gasteiger charge is 2.15. The molecule has 102 valence electrons. The molecule has 0 aliphatic rings. The predicted octanol–water partition coefficient (Wildman–Crippen LogP) is 1.97. The van der Waals surface area contributed by atoms with E-state index in [4.69, 9.17) is 10.5 Å². The van der Waals surface area contributed by atoms with Crippen molar-refractivity contribution in [3.8, 4) is 5.88 Å². The van der Waals surface area contributed by atoms with E-state index in [1.165, 1.54) is 6.33 Å². The van der Waals surface area contributed by atoms with Gasteiger partial charge in [0.1, 0.15) is 12.1 Å². The first kappa shape index (κ1) is 14.7. The van der Waals surface area contributed by atoms with Gasteiger partial charge in [-0.15, -0.1) is 0 Å². The molecule has 0 aromatic carbocycles. The Morgan fingerprint density at radius 3 is 2.56 bits per heavy atom. The molecule has 5 heteroatoms. The van der Waals surface area contributed by atoms with Crippen molar-refractivity contribution in [2.24, 2.45) is 11.7 Å². The molecule has 1 unspecified atom stereocenters. The van der Waals surface area contributed by atoms with Gasteiger partial charge in [0.2, 0.25) is 5.88 Å². The maximum Gasteiger partial charge on any atom is 0.221 e. The van der Waals surface area contributed by atoms with Crippen LogP contribution in [0.2, 0.25) is 0 Å². The number of anilines is 1. The summed E-state index contributed by atoms with van der Waals surface area (Å²) in [5, 5.41) is 3.28. The van der Waals surface area contributed by atoms with Gasteiger partial charge >= 0.3 is 0 Å². The molecule has 0 bridgehead atoms. The van der Waals surface area contributed by atoms with Gasteiger partial charge in [0.25, 0.3) is 0 Å². The number of nitrogens with two attached hydrogens (primary N) is 1. The number of hydrogen-bond acceptors (Lipinski definition) is 5. The van der Waals surface area contributed by atoms with Crippen LogP contribution in [0.4, 0.5) is 5.82 Å². The molecule has 1 atom stereocenters. The number of rotatable bonds is 7. The lowest BCUT2D eigenvalue weighted by Gasteiger charge is -2.22. The van der Waals surface area contributed by atoms with Gasteiger partial charge in [0, 0.05) is 12.6 Å². The van der Waals surface area contributed by atoms with Crippen LogP contribution in [0, 0.1) is 12.8 Å². The molecule has 0 aliphatic carbocycles. The molecule has 0 saturated carbocycles. The second-order valence-corrected chi connectivity index (χ2v) is 4.48. The van der Waals surface area contributed by atoms with E-state index in [1.807, 2.05) is 6.92 Å². The second-order valence-electron chi connectivity index (χ2n) is 4.48. The topological polar surface area (TPSA) is 73.1 Å². The second kappa shape index (κ2) is 7.16. The molecular formula is C13H24N4O. The molecule has 1 aromatic rings. The summed E-state index contributed by atoms with van der Waals surface area (Å²) in [5.74, 6) is 1.94. The van der Waals surface area contributed by atoms with Gasteiger partial charge in [-0.05, 0) is 12.8 Å². The fraction of sp³-hybridized carbons (Fsp3) is 0.692. The number of methoxy groups -OCH3 is 1. The first-order valence-corrected chi connectivity index (χ1v) is 6.49. The molecule has 0 amide bonds. The maximum absolute atomic E-state index is 6.17. The summed E-state index contributed by atoms with van der Waals surface area (Å²) in [6.07, 6.45) is 3.70. The van der Waals surface area contributed by atoms with Crippen LogP contribution in [0.5, 0.6) is 5.88 Å². The summed E-state index contributed by atoms with van der Waals surface area (Å²) in [7, 11) is 1.61. The van der Waals surface area contributed by atoms with E-state index in [-0.39, 0.29) is 6.04 Å². The minimum atomic E-state index is 0.139. The first-order chi connectivity index (χ1) is 8.63. The van der Waals surface area contributed by atoms with Crippen molar-refractivity contribution in [3.05, 3.63) is 11.9 Å². The van der Waals surface area contributed by atoms with Gasteiger partial charge in [0.05, 0.1) is 12.7 Å². The molecule has 3 N–H and O–H groups in total. The van der Waals surface area contributed by atoms with E-state index in [0.717, 1.165) is 24.2 Å². The van der Waals surface area contributed by atoms with Gasteiger partial charge in [-0.2, -0.15) is 0 Å². The quantitative estimate of drug-likeness (QED) is 0.776. The average molecular weight is 252 g/mol. The molecule has 0 aliphatic heterocycles. The Morgan fingerprint density at radius 2 is 2.00 bits per heavy atom. The van der Waals surface area contributed by atoms with E-state index < -0.39 is 0 Å². The molecule has 0 fully saturated rings. The lowest BCUT2D eigenvalue weighted by molar-refractivity contribution is 0.393. The van der Waals surface area contributed by atoms with Gasteiger partial charge in [-0.25, -0.2) is 9.97 Å². The van der Waals surface area contributed by atoms with Crippen LogP contribution < -0.4 is 15.8 Å². The summed E-state index contributed by atoms with van der Waals surface area (Å²) < 4.78 is 5.16. The standard InChI is InChI=1S/C13H24N4O/c1-5-10(6-2)11(14)7-15-12-9(3)13(18-4)17-8-16-12/h8,10-11H,5-7,14H2,1-4H3,(H,15,16,17). The third-order valence-corrected chi connectivity index (χ3v) is 3.39. The molecule has 1 aromatic heterocycles. The Morgan fingerprint density at radius 1 is 1.33 bits per heavy atom. The van der Waals surface area contributed by atoms with E-state index in [9.17, 15) is 0 Å². The van der Waals surface area contributed by atoms with Crippen LogP contribution >= 0.6 is 0 Å². The normalized spacial score (nSPS) is 12.6. The zero-order chi connectivity index (χ0) is 13.5. The zero-order valence-electron chi connectivity index (χ0n) is 11.7. The number of aromatic nitrogens is 2. The predicted molar refractivity (Wildman–Crippen MR) is 73.9 cm³/mol. The molecule has 5 nitrogen and oxygen atoms in total. The van der Waals surface area contributed by atoms with Crippen molar-refractivity contribution in [2.75, 3.05) is 19.0 Å². The van der Waals surface area contributed by atoms with Crippen molar-refractivity contribution in [1.29, 1.82) is 0 Å². The fourth-order valence-electron chi connectivity index (χ4n) is 2.09. The van der Waals surface area contributed by atoms with Gasteiger partial charge in [-0.1, -0.05) is 26.7 Å². The highest BCUT2D eigenvalue weighted by atomic mass is 16.5. The monoisotopic (exact) mass is 252 g/mol. The maximum atomic E-state index is 6.17. The van der Waals surface area contributed by atoms with E-state index in [2.05, 4.69) is 29.1 Å². The highest BCUT2D eigenvalue weighted by molar-refractivity contribution is 5.47. The number of nitrogens with one attached hydrogen (secondary N) is 1. The smallest absolute Gasteiger partial charge is 0.221 e. The van der Waals surface area contributed by atoms with Gasteiger partial charge in [0.15, 0.2) is 0 Å². The molecule has 0 spiro atoms. The Kier molecular flexibility index (Phi) is 5.85. The molecule has 0 radical (unpaired) electrons. The summed E-state index contributed by atoms with van der Waals surface area (Å²) in [6, 6.07) is 0.139. The Labute approximate surface area is 109 Å². The molecule has 1 rings (SSSR count). The summed E-state index contributed by atoms with van der Waals surface area (Å²) in [6.45, 7) is 7.00. The number of ether oxygens (including phenoxy) is 1. The minimum absolute atomic E-state index is 0.139. The number of nitrogens with zero attached hydrogens (tertiary/aromatic N) is 2. The molecule has 0 saturated heterocycles. The van der Waals surface area contributed by atoms with Crippen LogP contribution in [0.25, 0.3) is 0 Å². The van der Waals surface area contributed by atoms with Crippen LogP contribution in [0.15, 0.2) is 6.33 Å². The summed E-state index contributed by atoms with van der Waals surface area (Å²) in [4.78, 5) is 8.26. The average Bonchev–Trinajstić information content (AvgIpc) is 2.39. The lowest BCUT2D eigenvalue weighted by Crippen LogP contribution is -2.36. The summed E-state index contributed by atoms with van der Waals surface area (Å²) in [5.41, 5.74) is 7.08. The van der Waals surface area contributed by atoms with Crippen molar-refractivity contribution in [1.82, 2.24) is 9.97 Å². The van der Waals surface area contributed by atoms with Crippen molar-refractivity contribution in [2.45, 2.75) is 39.7 Å². The fourth-order valence-corrected chi connectivity index (χ4v) is 2.09. The van der Waals surface area contributed by atoms with Gasteiger partial charge < -0.3 is 15.8 Å². The Hall–Kier alpha value is -1.36. The lowest BCUT2D eigenvalue weighted by atomic mass is 9.95. The van der Waals surface area contributed by atoms with E-state index in [0.29, 0.717) is 18.3 Å². The highest BCUT2D eigenvalue weighted by Crippen LogP contribution is 2.20. The Balaban J connectivity index is 2.63. The third kappa shape index (κ3) is 3.57. The van der Waals surface area contributed by atoms with Crippen LogP contribution in [-0.4, -0.2) is 29.7 Å². The summed E-state index contributed by atoms with van der Waals surface area (Å²) >= 11 is 0. The van der Waals surface area contributed by atoms with Crippen LogP contribution in [0.1, 0.15) is 32.3 Å². The van der Waals surface area contributed by atoms with Crippen LogP contribution in [0.3, 0.4) is 0 Å².